The SMILES string of the molecule is COc1cccc(CN)c1OCc1ccc(Br)cc1F. The summed E-state index contributed by atoms with van der Waals surface area (Å²) in [7, 11) is 1.56. The van der Waals surface area contributed by atoms with Crippen LogP contribution < -0.4 is 15.2 Å². The second-order valence-corrected chi connectivity index (χ2v) is 5.09. The van der Waals surface area contributed by atoms with Gasteiger partial charge in [-0.2, -0.15) is 0 Å². The van der Waals surface area contributed by atoms with Crippen molar-refractivity contribution in [2.24, 2.45) is 5.73 Å². The fourth-order valence-corrected chi connectivity index (χ4v) is 2.17. The molecule has 0 heterocycles. The summed E-state index contributed by atoms with van der Waals surface area (Å²) in [5.41, 5.74) is 6.97. The lowest BCUT2D eigenvalue weighted by atomic mass is 10.2. The number of hydrogen-bond donors (Lipinski definition) is 1. The molecule has 2 N–H and O–H groups in total. The van der Waals surface area contributed by atoms with Gasteiger partial charge in [-0.15, -0.1) is 0 Å². The predicted octanol–water partition coefficient (Wildman–Crippen LogP) is 3.63. The lowest BCUT2D eigenvalue weighted by Crippen LogP contribution is -2.05. The summed E-state index contributed by atoms with van der Waals surface area (Å²) in [4.78, 5) is 0. The summed E-state index contributed by atoms with van der Waals surface area (Å²) in [6.45, 7) is 0.446. The van der Waals surface area contributed by atoms with E-state index in [4.69, 9.17) is 15.2 Å². The van der Waals surface area contributed by atoms with Crippen LogP contribution in [0.1, 0.15) is 11.1 Å². The van der Waals surface area contributed by atoms with Crippen LogP contribution in [0.25, 0.3) is 0 Å². The Morgan fingerprint density at radius 2 is 2.00 bits per heavy atom. The Labute approximate surface area is 125 Å². The minimum Gasteiger partial charge on any atom is -0.493 e. The van der Waals surface area contributed by atoms with E-state index in [9.17, 15) is 4.39 Å². The third kappa shape index (κ3) is 3.29. The highest BCUT2D eigenvalue weighted by Gasteiger charge is 2.11. The lowest BCUT2D eigenvalue weighted by molar-refractivity contribution is 0.276. The molecule has 0 spiro atoms. The molecular weight excluding hydrogens is 325 g/mol. The van der Waals surface area contributed by atoms with Crippen LogP contribution in [0.15, 0.2) is 40.9 Å². The molecule has 2 aromatic rings. The Balaban J connectivity index is 2.22. The maximum Gasteiger partial charge on any atom is 0.166 e. The topological polar surface area (TPSA) is 44.5 Å². The van der Waals surface area contributed by atoms with Crippen molar-refractivity contribution < 1.29 is 13.9 Å². The van der Waals surface area contributed by atoms with Gasteiger partial charge in [-0.05, 0) is 18.2 Å². The first-order chi connectivity index (χ1) is 9.65. The lowest BCUT2D eigenvalue weighted by Gasteiger charge is -2.14. The maximum absolute atomic E-state index is 13.8. The van der Waals surface area contributed by atoms with Crippen molar-refractivity contribution in [3.63, 3.8) is 0 Å². The van der Waals surface area contributed by atoms with E-state index in [2.05, 4.69) is 15.9 Å². The smallest absolute Gasteiger partial charge is 0.166 e. The molecule has 3 nitrogen and oxygen atoms in total. The Morgan fingerprint density at radius 3 is 2.65 bits per heavy atom. The molecule has 0 aliphatic rings. The highest BCUT2D eigenvalue weighted by molar-refractivity contribution is 9.10. The summed E-state index contributed by atoms with van der Waals surface area (Å²) >= 11 is 3.22. The summed E-state index contributed by atoms with van der Waals surface area (Å²) < 4.78 is 25.4. The third-order valence-electron chi connectivity index (χ3n) is 2.89. The fraction of sp³-hybridized carbons (Fsp3) is 0.200. The van der Waals surface area contributed by atoms with Crippen molar-refractivity contribution in [3.05, 3.63) is 57.8 Å². The standard InChI is InChI=1S/C15H15BrFNO2/c1-19-14-4-2-3-10(8-18)15(14)20-9-11-5-6-12(16)7-13(11)17/h2-7H,8-9,18H2,1H3. The number of ether oxygens (including phenoxy) is 2. The first-order valence-electron chi connectivity index (χ1n) is 6.08. The number of hydrogen-bond acceptors (Lipinski definition) is 3. The Hall–Kier alpha value is -1.59. The Morgan fingerprint density at radius 1 is 1.20 bits per heavy atom. The molecule has 0 saturated carbocycles. The zero-order valence-corrected chi connectivity index (χ0v) is 12.6. The van der Waals surface area contributed by atoms with E-state index in [0.29, 0.717) is 28.1 Å². The molecule has 0 aliphatic heterocycles. The predicted molar refractivity (Wildman–Crippen MR) is 79.3 cm³/mol. The van der Waals surface area contributed by atoms with Gasteiger partial charge in [0, 0.05) is 22.1 Å². The van der Waals surface area contributed by atoms with Crippen LogP contribution in [0.2, 0.25) is 0 Å². The van der Waals surface area contributed by atoms with Crippen LogP contribution in [0.3, 0.4) is 0 Å². The molecular formula is C15H15BrFNO2. The minimum absolute atomic E-state index is 0.118. The number of methoxy groups -OCH3 is 1. The van der Waals surface area contributed by atoms with E-state index in [1.165, 1.54) is 6.07 Å². The second kappa shape index (κ2) is 6.72. The summed E-state index contributed by atoms with van der Waals surface area (Å²) in [6.07, 6.45) is 0. The van der Waals surface area contributed by atoms with Crippen LogP contribution in [0, 0.1) is 5.82 Å². The molecule has 106 valence electrons. The van der Waals surface area contributed by atoms with Crippen molar-refractivity contribution in [2.75, 3.05) is 7.11 Å². The average Bonchev–Trinajstić information content (AvgIpc) is 2.46. The number of halogens is 2. The highest BCUT2D eigenvalue weighted by atomic mass is 79.9. The highest BCUT2D eigenvalue weighted by Crippen LogP contribution is 2.31. The summed E-state index contributed by atoms with van der Waals surface area (Å²) in [5, 5.41) is 0. The van der Waals surface area contributed by atoms with Crippen molar-refractivity contribution in [1.82, 2.24) is 0 Å². The zero-order valence-electron chi connectivity index (χ0n) is 11.0. The van der Waals surface area contributed by atoms with Gasteiger partial charge in [0.2, 0.25) is 0 Å². The van der Waals surface area contributed by atoms with Crippen LogP contribution >= 0.6 is 15.9 Å². The van der Waals surface area contributed by atoms with E-state index in [0.717, 1.165) is 5.56 Å². The molecule has 20 heavy (non-hydrogen) atoms. The van der Waals surface area contributed by atoms with Crippen LogP contribution in [0.4, 0.5) is 4.39 Å². The molecule has 5 heteroatoms. The normalized spacial score (nSPS) is 10.4. The number of benzene rings is 2. The minimum atomic E-state index is -0.316. The first-order valence-corrected chi connectivity index (χ1v) is 6.87. The quantitative estimate of drug-likeness (QED) is 0.904. The van der Waals surface area contributed by atoms with Gasteiger partial charge >= 0.3 is 0 Å². The van der Waals surface area contributed by atoms with Gasteiger partial charge in [-0.25, -0.2) is 4.39 Å². The third-order valence-corrected chi connectivity index (χ3v) is 3.38. The van der Waals surface area contributed by atoms with E-state index in [1.54, 1.807) is 25.3 Å². The molecule has 0 bridgehead atoms. The molecule has 2 aromatic carbocycles. The van der Waals surface area contributed by atoms with Crippen molar-refractivity contribution in [1.29, 1.82) is 0 Å². The van der Waals surface area contributed by atoms with Crippen molar-refractivity contribution in [3.8, 4) is 11.5 Å². The fourth-order valence-electron chi connectivity index (χ4n) is 1.84. The monoisotopic (exact) mass is 339 g/mol. The molecule has 2 rings (SSSR count). The van der Waals surface area contributed by atoms with Gasteiger partial charge in [0.1, 0.15) is 12.4 Å². The Kier molecular flexibility index (Phi) is 4.98. The molecule has 0 atom stereocenters. The maximum atomic E-state index is 13.8. The number of rotatable bonds is 5. The number of para-hydroxylation sites is 1. The molecule has 0 radical (unpaired) electrons. The average molecular weight is 340 g/mol. The molecule has 0 amide bonds. The summed E-state index contributed by atoms with van der Waals surface area (Å²) in [6, 6.07) is 10.3. The molecule has 0 aliphatic carbocycles. The molecule has 0 fully saturated rings. The van der Waals surface area contributed by atoms with Crippen LogP contribution in [-0.2, 0) is 13.2 Å². The van der Waals surface area contributed by atoms with Gasteiger partial charge < -0.3 is 15.2 Å². The second-order valence-electron chi connectivity index (χ2n) is 4.18. The molecule has 0 aromatic heterocycles. The molecule has 0 unspecified atom stereocenters. The Bertz CT molecular complexity index is 582. The van der Waals surface area contributed by atoms with E-state index >= 15 is 0 Å². The van der Waals surface area contributed by atoms with Gasteiger partial charge in [0.25, 0.3) is 0 Å². The van der Waals surface area contributed by atoms with Gasteiger partial charge in [-0.1, -0.05) is 34.1 Å². The van der Waals surface area contributed by atoms with Crippen molar-refractivity contribution in [2.45, 2.75) is 13.2 Å². The van der Waals surface area contributed by atoms with E-state index in [1.807, 2.05) is 12.1 Å². The first kappa shape index (κ1) is 14.8. The van der Waals surface area contributed by atoms with E-state index < -0.39 is 0 Å². The van der Waals surface area contributed by atoms with Crippen LogP contribution in [-0.4, -0.2) is 7.11 Å². The van der Waals surface area contributed by atoms with Gasteiger partial charge in [0.05, 0.1) is 7.11 Å². The molecule has 0 saturated heterocycles. The van der Waals surface area contributed by atoms with E-state index in [-0.39, 0.29) is 12.4 Å². The van der Waals surface area contributed by atoms with Gasteiger partial charge in [-0.3, -0.25) is 0 Å². The largest absolute Gasteiger partial charge is 0.493 e. The van der Waals surface area contributed by atoms with Crippen LogP contribution in [0.5, 0.6) is 11.5 Å². The summed E-state index contributed by atoms with van der Waals surface area (Å²) in [5.74, 6) is 0.828. The number of nitrogens with two attached hydrogens (primary N) is 1. The van der Waals surface area contributed by atoms with Crippen molar-refractivity contribution >= 4 is 15.9 Å². The van der Waals surface area contributed by atoms with Gasteiger partial charge in [0.15, 0.2) is 11.5 Å². The zero-order chi connectivity index (χ0) is 14.5.